The van der Waals surface area contributed by atoms with Crippen LogP contribution in [0.25, 0.3) is 0 Å². The molecule has 2 aromatic rings. The molecule has 0 atom stereocenters. The third kappa shape index (κ3) is 7.33. The number of benzene rings is 2. The molecule has 0 aliphatic carbocycles. The Morgan fingerprint density at radius 1 is 1.07 bits per heavy atom. The molecular weight excluding hydrogens is 378 g/mol. The van der Waals surface area contributed by atoms with Gasteiger partial charge in [0, 0.05) is 6.54 Å². The van der Waals surface area contributed by atoms with E-state index < -0.39 is 24.4 Å². The summed E-state index contributed by atoms with van der Waals surface area (Å²) in [5.41, 5.74) is 3.74. The molecule has 2 amide bonds. The predicted octanol–water partition coefficient (Wildman–Crippen LogP) is 0.968. The number of aliphatic carboxylic acids is 1. The van der Waals surface area contributed by atoms with Crippen molar-refractivity contribution in [2.75, 3.05) is 20.3 Å². The maximum atomic E-state index is 11.8. The first kappa shape index (κ1) is 21.4. The molecule has 9 heteroatoms. The van der Waals surface area contributed by atoms with Crippen molar-refractivity contribution in [3.63, 3.8) is 0 Å². The van der Waals surface area contributed by atoms with E-state index in [1.807, 2.05) is 30.3 Å². The minimum Gasteiger partial charge on any atom is -0.493 e. The number of carbonyl (C=O) groups excluding carboxylic acids is 2. The van der Waals surface area contributed by atoms with Crippen LogP contribution < -0.4 is 20.2 Å². The lowest BCUT2D eigenvalue weighted by Crippen LogP contribution is -2.38. The van der Waals surface area contributed by atoms with Gasteiger partial charge in [-0.05, 0) is 35.7 Å². The van der Waals surface area contributed by atoms with E-state index in [4.69, 9.17) is 14.6 Å². The number of carboxylic acids is 1. The van der Waals surface area contributed by atoms with Gasteiger partial charge in [0.25, 0.3) is 0 Å². The summed E-state index contributed by atoms with van der Waals surface area (Å²) < 4.78 is 10.2. The Labute approximate surface area is 167 Å². The first-order valence-electron chi connectivity index (χ1n) is 8.67. The molecule has 0 fully saturated rings. The smallest absolute Gasteiger partial charge is 0.341 e. The molecule has 0 heterocycles. The van der Waals surface area contributed by atoms with Crippen LogP contribution in [0.3, 0.4) is 0 Å². The van der Waals surface area contributed by atoms with E-state index in [9.17, 15) is 14.4 Å². The SMILES string of the molecule is COc1cc(/C=N\NC(=O)C(=O)NCCc2ccccc2)ccc1OCC(=O)O. The average Bonchev–Trinajstić information content (AvgIpc) is 2.73. The van der Waals surface area contributed by atoms with Gasteiger partial charge in [0.1, 0.15) is 0 Å². The van der Waals surface area contributed by atoms with Crippen LogP contribution in [-0.2, 0) is 20.8 Å². The molecule has 9 nitrogen and oxygen atoms in total. The Bertz CT molecular complexity index is 883. The topological polar surface area (TPSA) is 126 Å². The van der Waals surface area contributed by atoms with Gasteiger partial charge in [-0.15, -0.1) is 0 Å². The summed E-state index contributed by atoms with van der Waals surface area (Å²) in [6.45, 7) is -0.172. The van der Waals surface area contributed by atoms with Crippen LogP contribution in [0.5, 0.6) is 11.5 Å². The number of nitrogens with one attached hydrogen (secondary N) is 2. The number of carboxylic acid groups (broad SMARTS) is 1. The molecule has 0 aliphatic heterocycles. The number of hydrogen-bond donors (Lipinski definition) is 3. The standard InChI is InChI=1S/C20H21N3O6/c1-28-17-11-15(7-8-16(17)29-13-18(24)25)12-22-23-20(27)19(26)21-10-9-14-5-3-2-4-6-14/h2-8,11-12H,9-10,13H2,1H3,(H,21,26)(H,23,27)(H,24,25)/b22-12-. The predicted molar refractivity (Wildman–Crippen MR) is 105 cm³/mol. The zero-order chi connectivity index (χ0) is 21.1. The molecule has 2 rings (SSSR count). The van der Waals surface area contributed by atoms with E-state index >= 15 is 0 Å². The van der Waals surface area contributed by atoms with Crippen molar-refractivity contribution < 1.29 is 29.0 Å². The largest absolute Gasteiger partial charge is 0.493 e. The second-order valence-corrected chi connectivity index (χ2v) is 5.78. The quantitative estimate of drug-likeness (QED) is 0.328. The van der Waals surface area contributed by atoms with Crippen molar-refractivity contribution in [3.8, 4) is 11.5 Å². The Morgan fingerprint density at radius 3 is 2.52 bits per heavy atom. The van der Waals surface area contributed by atoms with Crippen LogP contribution >= 0.6 is 0 Å². The molecule has 29 heavy (non-hydrogen) atoms. The van der Waals surface area contributed by atoms with Gasteiger partial charge >= 0.3 is 17.8 Å². The number of carbonyl (C=O) groups is 3. The maximum absolute atomic E-state index is 11.8. The van der Waals surface area contributed by atoms with Crippen molar-refractivity contribution >= 4 is 24.0 Å². The summed E-state index contributed by atoms with van der Waals surface area (Å²) in [5.74, 6) is -2.22. The number of amides is 2. The first-order valence-corrected chi connectivity index (χ1v) is 8.67. The Kier molecular flexibility index (Phi) is 8.18. The lowest BCUT2D eigenvalue weighted by atomic mass is 10.1. The van der Waals surface area contributed by atoms with Crippen LogP contribution in [0.15, 0.2) is 53.6 Å². The van der Waals surface area contributed by atoms with Crippen molar-refractivity contribution in [3.05, 3.63) is 59.7 Å². The van der Waals surface area contributed by atoms with Gasteiger partial charge in [0.05, 0.1) is 13.3 Å². The third-order valence-corrected chi connectivity index (χ3v) is 3.67. The number of ether oxygens (including phenoxy) is 2. The second-order valence-electron chi connectivity index (χ2n) is 5.78. The van der Waals surface area contributed by atoms with E-state index in [-0.39, 0.29) is 5.75 Å². The van der Waals surface area contributed by atoms with Gasteiger partial charge < -0.3 is 19.9 Å². The van der Waals surface area contributed by atoms with E-state index in [2.05, 4.69) is 15.8 Å². The zero-order valence-electron chi connectivity index (χ0n) is 15.8. The van der Waals surface area contributed by atoms with Gasteiger partial charge in [-0.1, -0.05) is 30.3 Å². The number of methoxy groups -OCH3 is 1. The highest BCUT2D eigenvalue weighted by Gasteiger charge is 2.12. The normalized spacial score (nSPS) is 10.4. The van der Waals surface area contributed by atoms with Crippen LogP contribution in [0.1, 0.15) is 11.1 Å². The van der Waals surface area contributed by atoms with Crippen LogP contribution in [0, 0.1) is 0 Å². The molecule has 152 valence electrons. The summed E-state index contributed by atoms with van der Waals surface area (Å²) >= 11 is 0. The molecule has 3 N–H and O–H groups in total. The highest BCUT2D eigenvalue weighted by atomic mass is 16.5. The summed E-state index contributed by atoms with van der Waals surface area (Å²) in [7, 11) is 1.41. The van der Waals surface area contributed by atoms with Crippen molar-refractivity contribution in [1.29, 1.82) is 0 Å². The molecule has 2 aromatic carbocycles. The highest BCUT2D eigenvalue weighted by molar-refractivity contribution is 6.35. The summed E-state index contributed by atoms with van der Waals surface area (Å²) in [6, 6.07) is 14.2. The minimum atomic E-state index is -1.11. The monoisotopic (exact) mass is 399 g/mol. The molecule has 0 unspecified atom stereocenters. The fourth-order valence-corrected chi connectivity index (χ4v) is 2.28. The van der Waals surface area contributed by atoms with Gasteiger partial charge in [-0.3, -0.25) is 9.59 Å². The highest BCUT2D eigenvalue weighted by Crippen LogP contribution is 2.27. The molecule has 0 saturated carbocycles. The summed E-state index contributed by atoms with van der Waals surface area (Å²) in [4.78, 5) is 34.1. The second kappa shape index (κ2) is 11.1. The lowest BCUT2D eigenvalue weighted by molar-refractivity contribution is -0.139. The zero-order valence-corrected chi connectivity index (χ0v) is 15.8. The Balaban J connectivity index is 1.82. The van der Waals surface area contributed by atoms with Crippen molar-refractivity contribution in [1.82, 2.24) is 10.7 Å². The molecule has 0 aromatic heterocycles. The van der Waals surface area contributed by atoms with E-state index in [1.165, 1.54) is 19.4 Å². The Hall–Kier alpha value is -3.88. The van der Waals surface area contributed by atoms with Gasteiger partial charge in [0.15, 0.2) is 18.1 Å². The summed E-state index contributed by atoms with van der Waals surface area (Å²) in [6.07, 6.45) is 1.93. The molecular formula is C20H21N3O6. The molecule has 0 radical (unpaired) electrons. The average molecular weight is 399 g/mol. The third-order valence-electron chi connectivity index (χ3n) is 3.67. The fraction of sp³-hybridized carbons (Fsp3) is 0.200. The fourth-order valence-electron chi connectivity index (χ4n) is 2.28. The number of hydrogen-bond acceptors (Lipinski definition) is 6. The van der Waals surface area contributed by atoms with Crippen molar-refractivity contribution in [2.45, 2.75) is 6.42 Å². The lowest BCUT2D eigenvalue weighted by Gasteiger charge is -2.09. The number of nitrogens with zero attached hydrogens (tertiary/aromatic N) is 1. The maximum Gasteiger partial charge on any atom is 0.341 e. The van der Waals surface area contributed by atoms with Crippen LogP contribution in [0.4, 0.5) is 0 Å². The van der Waals surface area contributed by atoms with Crippen LogP contribution in [0.2, 0.25) is 0 Å². The van der Waals surface area contributed by atoms with E-state index in [0.717, 1.165) is 5.56 Å². The minimum absolute atomic E-state index is 0.258. The molecule has 0 saturated heterocycles. The van der Waals surface area contributed by atoms with Gasteiger partial charge in [-0.2, -0.15) is 5.10 Å². The van der Waals surface area contributed by atoms with E-state index in [0.29, 0.717) is 24.3 Å². The van der Waals surface area contributed by atoms with Crippen molar-refractivity contribution in [2.24, 2.45) is 5.10 Å². The molecule has 0 bridgehead atoms. The first-order chi connectivity index (χ1) is 14.0. The molecule has 0 spiro atoms. The van der Waals surface area contributed by atoms with E-state index in [1.54, 1.807) is 12.1 Å². The van der Waals surface area contributed by atoms with Gasteiger partial charge in [0.2, 0.25) is 0 Å². The molecule has 0 aliphatic rings. The van der Waals surface area contributed by atoms with Gasteiger partial charge in [-0.25, -0.2) is 10.2 Å². The summed E-state index contributed by atoms with van der Waals surface area (Å²) in [5, 5.41) is 14.9. The number of hydrazone groups is 1. The Morgan fingerprint density at radius 2 is 1.83 bits per heavy atom. The number of rotatable bonds is 9. The van der Waals surface area contributed by atoms with Crippen LogP contribution in [-0.4, -0.2) is 49.4 Å².